The summed E-state index contributed by atoms with van der Waals surface area (Å²) < 4.78 is 0. The summed E-state index contributed by atoms with van der Waals surface area (Å²) in [5, 5.41) is 10.7. The predicted molar refractivity (Wildman–Crippen MR) is 74.1 cm³/mol. The first-order valence-electron chi connectivity index (χ1n) is 5.78. The summed E-state index contributed by atoms with van der Waals surface area (Å²) >= 11 is 12.1. The van der Waals surface area contributed by atoms with Crippen LogP contribution in [0.25, 0.3) is 0 Å². The lowest BCUT2D eigenvalue weighted by Gasteiger charge is -2.35. The number of aliphatic hydroxyl groups excluding tert-OH is 1. The molecular weight excluding hydrogens is 275 g/mol. The number of pyridine rings is 1. The van der Waals surface area contributed by atoms with Crippen molar-refractivity contribution in [1.82, 2.24) is 4.98 Å². The Bertz CT molecular complexity index is 443. The molecule has 1 fully saturated rings. The quantitative estimate of drug-likeness (QED) is 0.573. The molecule has 4 N–H and O–H groups in total. The maximum Gasteiger partial charge on any atom is 0.161 e. The first-order chi connectivity index (χ1) is 8.52. The van der Waals surface area contributed by atoms with E-state index in [1.54, 1.807) is 6.07 Å². The third-order valence-electron chi connectivity index (χ3n) is 3.27. The molecule has 5 nitrogen and oxygen atoms in total. The Morgan fingerprint density at radius 2 is 2.22 bits per heavy atom. The molecule has 2 atom stereocenters. The van der Waals surface area contributed by atoms with Crippen molar-refractivity contribution in [1.29, 1.82) is 0 Å². The molecule has 0 spiro atoms. The lowest BCUT2D eigenvalue weighted by atomic mass is 9.96. The third-order valence-corrected chi connectivity index (χ3v) is 3.83. The van der Waals surface area contributed by atoms with Crippen LogP contribution in [0.3, 0.4) is 0 Å². The van der Waals surface area contributed by atoms with Gasteiger partial charge in [-0.3, -0.25) is 0 Å². The van der Waals surface area contributed by atoms with Crippen LogP contribution < -0.4 is 16.2 Å². The van der Waals surface area contributed by atoms with E-state index < -0.39 is 0 Å². The van der Waals surface area contributed by atoms with Gasteiger partial charge < -0.3 is 15.4 Å². The van der Waals surface area contributed by atoms with Crippen molar-refractivity contribution in [3.8, 4) is 0 Å². The molecule has 1 saturated heterocycles. The number of hydrogen-bond donors (Lipinski definition) is 3. The second-order valence-corrected chi connectivity index (χ2v) is 5.36. The zero-order valence-corrected chi connectivity index (χ0v) is 11.5. The molecule has 0 bridgehead atoms. The van der Waals surface area contributed by atoms with Gasteiger partial charge >= 0.3 is 0 Å². The number of rotatable bonds is 2. The highest BCUT2D eigenvalue weighted by molar-refractivity contribution is 6.37. The molecule has 100 valence electrons. The number of anilines is 2. The first-order valence-corrected chi connectivity index (χ1v) is 6.54. The van der Waals surface area contributed by atoms with E-state index in [2.05, 4.69) is 10.4 Å². The third kappa shape index (κ3) is 2.64. The van der Waals surface area contributed by atoms with Crippen molar-refractivity contribution in [2.45, 2.75) is 19.4 Å². The molecule has 1 aromatic heterocycles. The molecule has 2 unspecified atom stereocenters. The number of hydrogen-bond acceptors (Lipinski definition) is 5. The van der Waals surface area contributed by atoms with Crippen LogP contribution in [0.4, 0.5) is 11.6 Å². The highest BCUT2D eigenvalue weighted by atomic mass is 35.5. The summed E-state index contributed by atoms with van der Waals surface area (Å²) in [5.41, 5.74) is 2.43. The van der Waals surface area contributed by atoms with Gasteiger partial charge in [0, 0.05) is 13.1 Å². The van der Waals surface area contributed by atoms with Crippen LogP contribution in [0, 0.1) is 5.92 Å². The molecule has 2 rings (SSSR count). The second kappa shape index (κ2) is 5.48. The molecule has 1 aromatic rings. The van der Waals surface area contributed by atoms with Crippen molar-refractivity contribution in [3.05, 3.63) is 16.1 Å². The van der Waals surface area contributed by atoms with Gasteiger partial charge in [0.1, 0.15) is 5.82 Å². The van der Waals surface area contributed by atoms with Gasteiger partial charge in [0.2, 0.25) is 0 Å². The topological polar surface area (TPSA) is 74.4 Å². The van der Waals surface area contributed by atoms with Gasteiger partial charge in [0.05, 0.1) is 16.1 Å². The number of aliphatic hydroxyl groups is 1. The molecule has 0 radical (unpaired) electrons. The molecular formula is C11H16Cl2N4O. The van der Waals surface area contributed by atoms with E-state index in [4.69, 9.17) is 29.0 Å². The number of halogens is 2. The Labute approximate surface area is 116 Å². The van der Waals surface area contributed by atoms with E-state index in [1.807, 2.05) is 11.8 Å². The molecule has 0 saturated carbocycles. The molecule has 2 heterocycles. The first kappa shape index (κ1) is 13.7. The largest absolute Gasteiger partial charge is 0.391 e. The smallest absolute Gasteiger partial charge is 0.161 e. The lowest BCUT2D eigenvalue weighted by Crippen LogP contribution is -2.43. The molecule has 1 aliphatic rings. The molecule has 18 heavy (non-hydrogen) atoms. The minimum Gasteiger partial charge on any atom is -0.391 e. The molecule has 1 aliphatic heterocycles. The normalized spacial score (nSPS) is 24.2. The maximum absolute atomic E-state index is 9.90. The Kier molecular flexibility index (Phi) is 4.17. The number of nitrogen functional groups attached to an aromatic ring is 1. The molecule has 0 aliphatic carbocycles. The summed E-state index contributed by atoms with van der Waals surface area (Å²) in [6, 6.07) is 1.60. The Morgan fingerprint density at radius 3 is 2.83 bits per heavy atom. The van der Waals surface area contributed by atoms with E-state index in [0.29, 0.717) is 34.1 Å². The van der Waals surface area contributed by atoms with Crippen LogP contribution in [0.15, 0.2) is 6.07 Å². The average molecular weight is 291 g/mol. The zero-order chi connectivity index (χ0) is 13.3. The fourth-order valence-electron chi connectivity index (χ4n) is 2.02. The zero-order valence-electron chi connectivity index (χ0n) is 10.0. The van der Waals surface area contributed by atoms with Crippen molar-refractivity contribution >= 4 is 34.8 Å². The Balaban J connectivity index is 2.28. The van der Waals surface area contributed by atoms with Crippen LogP contribution in [0.2, 0.25) is 10.0 Å². The van der Waals surface area contributed by atoms with Crippen molar-refractivity contribution in [2.75, 3.05) is 23.4 Å². The van der Waals surface area contributed by atoms with Crippen LogP contribution >= 0.6 is 23.2 Å². The minimum atomic E-state index is -0.374. The summed E-state index contributed by atoms with van der Waals surface area (Å²) in [6.45, 7) is 3.35. The monoisotopic (exact) mass is 290 g/mol. The van der Waals surface area contributed by atoms with Crippen molar-refractivity contribution < 1.29 is 5.11 Å². The molecule has 0 aromatic carbocycles. The summed E-state index contributed by atoms with van der Waals surface area (Å²) in [4.78, 5) is 6.24. The van der Waals surface area contributed by atoms with E-state index in [1.165, 1.54) is 0 Å². The standard InChI is InChI=1S/C11H16Cl2N4O/c1-6-2-3-17(5-9(6)18)11-8(13)4-7(12)10(15-11)16-14/h4,6,9,18H,2-3,5,14H2,1H3,(H,15,16). The Hall–Kier alpha value is -0.750. The average Bonchev–Trinajstić information content (AvgIpc) is 2.33. The van der Waals surface area contributed by atoms with Crippen LogP contribution in [-0.2, 0) is 0 Å². The number of hydrazine groups is 1. The number of nitrogens with one attached hydrogen (secondary N) is 1. The van der Waals surface area contributed by atoms with Crippen molar-refractivity contribution in [2.24, 2.45) is 11.8 Å². The highest BCUT2D eigenvalue weighted by Crippen LogP contribution is 2.33. The van der Waals surface area contributed by atoms with E-state index in [9.17, 15) is 5.11 Å². The summed E-state index contributed by atoms with van der Waals surface area (Å²) in [5.74, 6) is 6.61. The van der Waals surface area contributed by atoms with Gasteiger partial charge in [-0.05, 0) is 18.4 Å². The van der Waals surface area contributed by atoms with E-state index in [-0.39, 0.29) is 6.10 Å². The fourth-order valence-corrected chi connectivity index (χ4v) is 2.55. The SMILES string of the molecule is CC1CCN(c2nc(NN)c(Cl)cc2Cl)CC1O. The van der Waals surface area contributed by atoms with Gasteiger partial charge in [-0.25, -0.2) is 10.8 Å². The highest BCUT2D eigenvalue weighted by Gasteiger charge is 2.26. The van der Waals surface area contributed by atoms with Gasteiger partial charge in [-0.2, -0.15) is 0 Å². The van der Waals surface area contributed by atoms with E-state index >= 15 is 0 Å². The number of piperidine rings is 1. The van der Waals surface area contributed by atoms with Gasteiger partial charge in [-0.15, -0.1) is 0 Å². The molecule has 0 amide bonds. The number of nitrogens with zero attached hydrogens (tertiary/aromatic N) is 2. The maximum atomic E-state index is 9.90. The Morgan fingerprint density at radius 1 is 1.50 bits per heavy atom. The summed E-state index contributed by atoms with van der Waals surface area (Å²) in [6.07, 6.45) is 0.522. The number of aromatic nitrogens is 1. The van der Waals surface area contributed by atoms with Gasteiger partial charge in [-0.1, -0.05) is 30.1 Å². The minimum absolute atomic E-state index is 0.291. The number of β-amino-alcohol motifs (C(OH)–C–C–N with tert-alkyl or cyclic N) is 1. The molecule has 7 heteroatoms. The van der Waals surface area contributed by atoms with E-state index in [0.717, 1.165) is 13.0 Å². The lowest BCUT2D eigenvalue weighted by molar-refractivity contribution is 0.102. The van der Waals surface area contributed by atoms with Gasteiger partial charge in [0.15, 0.2) is 5.82 Å². The predicted octanol–water partition coefficient (Wildman–Crippen LogP) is 1.88. The van der Waals surface area contributed by atoms with Crippen molar-refractivity contribution in [3.63, 3.8) is 0 Å². The number of nitrogens with two attached hydrogens (primary N) is 1. The second-order valence-electron chi connectivity index (χ2n) is 4.55. The van der Waals surface area contributed by atoms with Crippen LogP contribution in [-0.4, -0.2) is 29.3 Å². The fraction of sp³-hybridized carbons (Fsp3) is 0.545. The van der Waals surface area contributed by atoms with Crippen LogP contribution in [0.1, 0.15) is 13.3 Å². The van der Waals surface area contributed by atoms with Gasteiger partial charge in [0.25, 0.3) is 0 Å². The van der Waals surface area contributed by atoms with Crippen LogP contribution in [0.5, 0.6) is 0 Å². The summed E-state index contributed by atoms with van der Waals surface area (Å²) in [7, 11) is 0.